The fourth-order valence-electron chi connectivity index (χ4n) is 2.16. The Kier molecular flexibility index (Phi) is 8.21. The molecule has 1 aromatic heterocycles. The second-order valence-corrected chi connectivity index (χ2v) is 5.18. The second-order valence-electron chi connectivity index (χ2n) is 5.18. The van der Waals surface area contributed by atoms with Gasteiger partial charge in [-0.05, 0) is 12.5 Å². The first kappa shape index (κ1) is 16.3. The molecule has 0 spiro atoms. The van der Waals surface area contributed by atoms with Crippen LogP contribution in [0.25, 0.3) is 0 Å². The average molecular weight is 274 g/mol. The Hall–Kier alpha value is -1.76. The van der Waals surface area contributed by atoms with Gasteiger partial charge >= 0.3 is 0 Å². The molecule has 3 N–H and O–H groups in total. The number of unbranched alkanes of at least 4 members (excludes halogenated alkanes) is 7. The summed E-state index contributed by atoms with van der Waals surface area (Å²) >= 11 is 0. The minimum Gasteiger partial charge on any atom is -0.396 e. The first-order valence-corrected chi connectivity index (χ1v) is 7.67. The highest BCUT2D eigenvalue weighted by Gasteiger charge is 2.01. The lowest BCUT2D eigenvalue weighted by molar-refractivity contribution is 0.581. The quantitative estimate of drug-likeness (QED) is 0.630. The van der Waals surface area contributed by atoms with E-state index >= 15 is 0 Å². The van der Waals surface area contributed by atoms with Crippen molar-refractivity contribution >= 4 is 11.5 Å². The Balaban J connectivity index is 2.08. The molecule has 0 saturated carbocycles. The van der Waals surface area contributed by atoms with Crippen LogP contribution in [0, 0.1) is 11.3 Å². The lowest BCUT2D eigenvalue weighted by Crippen LogP contribution is -2.06. The first-order chi connectivity index (χ1) is 9.77. The molecule has 20 heavy (non-hydrogen) atoms. The minimum absolute atomic E-state index is 0.500. The molecular formula is C16H26N4. The van der Waals surface area contributed by atoms with Crippen LogP contribution in [0.2, 0.25) is 0 Å². The molecule has 0 radical (unpaired) electrons. The largest absolute Gasteiger partial charge is 0.396 e. The van der Waals surface area contributed by atoms with Gasteiger partial charge in [-0.2, -0.15) is 5.26 Å². The van der Waals surface area contributed by atoms with Crippen LogP contribution in [0.15, 0.2) is 12.3 Å². The van der Waals surface area contributed by atoms with Crippen LogP contribution in [0.5, 0.6) is 0 Å². The minimum atomic E-state index is 0.500. The van der Waals surface area contributed by atoms with Crippen LogP contribution < -0.4 is 11.1 Å². The van der Waals surface area contributed by atoms with E-state index in [9.17, 15) is 0 Å². The maximum Gasteiger partial charge on any atom is 0.149 e. The topological polar surface area (TPSA) is 74.7 Å². The van der Waals surface area contributed by atoms with Gasteiger partial charge in [0.15, 0.2) is 0 Å². The van der Waals surface area contributed by atoms with Crippen LogP contribution >= 0.6 is 0 Å². The summed E-state index contributed by atoms with van der Waals surface area (Å²) in [6, 6.07) is 3.69. The Morgan fingerprint density at radius 3 is 2.40 bits per heavy atom. The molecule has 4 heteroatoms. The summed E-state index contributed by atoms with van der Waals surface area (Å²) in [5.74, 6) is 0.687. The number of hydrogen-bond donors (Lipinski definition) is 2. The zero-order valence-electron chi connectivity index (χ0n) is 12.5. The molecule has 0 aliphatic carbocycles. The Labute approximate surface area is 122 Å². The molecule has 0 unspecified atom stereocenters. The molecule has 1 heterocycles. The number of aromatic nitrogens is 1. The van der Waals surface area contributed by atoms with Crippen LogP contribution in [-0.4, -0.2) is 11.5 Å². The van der Waals surface area contributed by atoms with Gasteiger partial charge in [0.05, 0.1) is 11.3 Å². The van der Waals surface area contributed by atoms with E-state index in [-0.39, 0.29) is 0 Å². The van der Waals surface area contributed by atoms with Gasteiger partial charge in [-0.25, -0.2) is 4.98 Å². The summed E-state index contributed by atoms with van der Waals surface area (Å²) in [7, 11) is 0. The van der Waals surface area contributed by atoms with Crippen molar-refractivity contribution in [2.24, 2.45) is 0 Å². The number of hydrogen-bond acceptors (Lipinski definition) is 4. The van der Waals surface area contributed by atoms with Crippen molar-refractivity contribution < 1.29 is 0 Å². The maximum atomic E-state index is 8.74. The number of anilines is 2. The lowest BCUT2D eigenvalue weighted by atomic mass is 10.1. The summed E-state index contributed by atoms with van der Waals surface area (Å²) in [4.78, 5) is 4.16. The number of nitrogens with one attached hydrogen (secondary N) is 1. The van der Waals surface area contributed by atoms with Crippen molar-refractivity contribution in [3.8, 4) is 6.07 Å². The van der Waals surface area contributed by atoms with Gasteiger partial charge in [-0.3, -0.25) is 0 Å². The smallest absolute Gasteiger partial charge is 0.149 e. The van der Waals surface area contributed by atoms with E-state index in [0.717, 1.165) is 13.0 Å². The van der Waals surface area contributed by atoms with E-state index in [4.69, 9.17) is 11.0 Å². The summed E-state index contributed by atoms with van der Waals surface area (Å²) in [6.45, 7) is 3.13. The number of nitrogens with zero attached hydrogens (tertiary/aromatic N) is 2. The highest BCUT2D eigenvalue weighted by atomic mass is 15.0. The molecular weight excluding hydrogens is 248 g/mol. The van der Waals surface area contributed by atoms with Crippen LogP contribution in [-0.2, 0) is 0 Å². The van der Waals surface area contributed by atoms with Gasteiger partial charge in [0.1, 0.15) is 11.9 Å². The molecule has 0 fully saturated rings. The predicted molar refractivity (Wildman–Crippen MR) is 84.5 cm³/mol. The highest BCUT2D eigenvalue weighted by Crippen LogP contribution is 2.16. The Morgan fingerprint density at radius 1 is 1.15 bits per heavy atom. The van der Waals surface area contributed by atoms with E-state index in [2.05, 4.69) is 17.2 Å². The fraction of sp³-hybridized carbons (Fsp3) is 0.625. The van der Waals surface area contributed by atoms with Gasteiger partial charge in [-0.15, -0.1) is 0 Å². The second kappa shape index (κ2) is 10.1. The van der Waals surface area contributed by atoms with E-state index in [1.165, 1.54) is 44.9 Å². The number of nitrogens with two attached hydrogens (primary N) is 1. The normalized spacial score (nSPS) is 10.2. The summed E-state index contributed by atoms with van der Waals surface area (Å²) < 4.78 is 0. The highest BCUT2D eigenvalue weighted by molar-refractivity contribution is 5.62. The predicted octanol–water partition coefficient (Wildman–Crippen LogP) is 4.09. The van der Waals surface area contributed by atoms with Crippen molar-refractivity contribution in [2.45, 2.75) is 58.3 Å². The molecule has 0 amide bonds. The van der Waals surface area contributed by atoms with Crippen molar-refractivity contribution in [3.63, 3.8) is 0 Å². The molecule has 110 valence electrons. The van der Waals surface area contributed by atoms with Crippen molar-refractivity contribution in [1.82, 2.24) is 4.98 Å². The van der Waals surface area contributed by atoms with E-state index in [1.54, 1.807) is 12.3 Å². The Bertz CT molecular complexity index is 423. The molecule has 0 atom stereocenters. The summed E-state index contributed by atoms with van der Waals surface area (Å²) in [5, 5.41) is 12.0. The van der Waals surface area contributed by atoms with Crippen LogP contribution in [0.4, 0.5) is 11.5 Å². The SMILES string of the molecule is CCCCCCCCCCNc1ncc(C#N)cc1N. The zero-order chi connectivity index (χ0) is 14.6. The zero-order valence-corrected chi connectivity index (χ0v) is 12.5. The van der Waals surface area contributed by atoms with Gasteiger partial charge in [0.2, 0.25) is 0 Å². The van der Waals surface area contributed by atoms with Gasteiger partial charge in [-0.1, -0.05) is 51.9 Å². The summed E-state index contributed by atoms with van der Waals surface area (Å²) in [5.41, 5.74) is 6.87. The van der Waals surface area contributed by atoms with Gasteiger partial charge in [0.25, 0.3) is 0 Å². The molecule has 1 rings (SSSR count). The molecule has 4 nitrogen and oxygen atoms in total. The third-order valence-electron chi connectivity index (χ3n) is 3.37. The number of nitrogen functional groups attached to an aromatic ring is 1. The molecule has 0 aliphatic heterocycles. The van der Waals surface area contributed by atoms with E-state index in [1.807, 2.05) is 6.07 Å². The monoisotopic (exact) mass is 274 g/mol. The van der Waals surface area contributed by atoms with Crippen molar-refractivity contribution in [3.05, 3.63) is 17.8 Å². The van der Waals surface area contributed by atoms with Gasteiger partial charge < -0.3 is 11.1 Å². The fourth-order valence-corrected chi connectivity index (χ4v) is 2.16. The molecule has 0 saturated heterocycles. The number of pyridine rings is 1. The summed E-state index contributed by atoms with van der Waals surface area (Å²) in [6.07, 6.45) is 12.0. The molecule has 0 aromatic carbocycles. The molecule has 0 bridgehead atoms. The number of nitriles is 1. The Morgan fingerprint density at radius 2 is 1.80 bits per heavy atom. The third-order valence-corrected chi connectivity index (χ3v) is 3.37. The van der Waals surface area contributed by atoms with Crippen molar-refractivity contribution in [1.29, 1.82) is 5.26 Å². The molecule has 1 aromatic rings. The van der Waals surface area contributed by atoms with Crippen molar-refractivity contribution in [2.75, 3.05) is 17.6 Å². The van der Waals surface area contributed by atoms with E-state index < -0.39 is 0 Å². The third kappa shape index (κ3) is 6.42. The number of rotatable bonds is 10. The van der Waals surface area contributed by atoms with Crippen LogP contribution in [0.1, 0.15) is 63.9 Å². The van der Waals surface area contributed by atoms with E-state index in [0.29, 0.717) is 17.1 Å². The average Bonchev–Trinajstić information content (AvgIpc) is 2.47. The van der Waals surface area contributed by atoms with Crippen LogP contribution in [0.3, 0.4) is 0 Å². The van der Waals surface area contributed by atoms with Gasteiger partial charge in [0, 0.05) is 12.7 Å². The maximum absolute atomic E-state index is 8.74. The lowest BCUT2D eigenvalue weighted by Gasteiger charge is -2.08. The standard InChI is InChI=1S/C16H26N4/c1-2-3-4-5-6-7-8-9-10-19-16-15(18)11-14(12-17)13-20-16/h11,13H,2-10,18H2,1H3,(H,19,20). The first-order valence-electron chi connectivity index (χ1n) is 7.67. The molecule has 0 aliphatic rings.